The van der Waals surface area contributed by atoms with Gasteiger partial charge in [0.25, 0.3) is 0 Å². The Morgan fingerprint density at radius 1 is 1.65 bits per heavy atom. The van der Waals surface area contributed by atoms with Crippen molar-refractivity contribution in [2.24, 2.45) is 5.92 Å². The largest absolute Gasteiger partial charge is 0.481 e. The quantitative estimate of drug-likeness (QED) is 0.695. The van der Waals surface area contributed by atoms with Crippen LogP contribution in [0.1, 0.15) is 19.8 Å². The molecule has 2 aliphatic rings. The molecule has 0 aromatic heterocycles. The zero-order valence-electron chi connectivity index (χ0n) is 9.76. The number of carboxylic acids is 1. The first kappa shape index (κ1) is 12.3. The predicted molar refractivity (Wildman–Crippen MR) is 57.3 cm³/mol. The summed E-state index contributed by atoms with van der Waals surface area (Å²) in [6.07, 6.45) is 0.190. The molecule has 0 saturated carbocycles. The molecule has 2 fully saturated rings. The van der Waals surface area contributed by atoms with Crippen molar-refractivity contribution < 1.29 is 24.5 Å². The molecule has 6 heteroatoms. The monoisotopic (exact) mass is 243 g/mol. The molecule has 0 spiro atoms. The molecule has 3 atom stereocenters. The van der Waals surface area contributed by atoms with Gasteiger partial charge in [-0.05, 0) is 6.92 Å². The first-order valence-corrected chi connectivity index (χ1v) is 5.77. The smallest absolute Gasteiger partial charge is 0.308 e. The number of ether oxygens (including phenoxy) is 1. The Hall–Kier alpha value is -1.14. The summed E-state index contributed by atoms with van der Waals surface area (Å²) >= 11 is 0. The SMILES string of the molecule is CC1OCCC1(O)CN1CC(C(=O)O)CC1=O. The molecule has 2 saturated heterocycles. The zero-order chi connectivity index (χ0) is 12.6. The maximum Gasteiger partial charge on any atom is 0.308 e. The number of rotatable bonds is 3. The normalized spacial score (nSPS) is 37.8. The third-order valence-corrected chi connectivity index (χ3v) is 3.69. The minimum Gasteiger partial charge on any atom is -0.481 e. The number of aliphatic hydroxyl groups is 1. The van der Waals surface area contributed by atoms with E-state index in [-0.39, 0.29) is 31.5 Å². The third kappa shape index (κ3) is 2.28. The maximum absolute atomic E-state index is 11.6. The number of carbonyl (C=O) groups is 2. The molecule has 6 nitrogen and oxygen atoms in total. The van der Waals surface area contributed by atoms with E-state index in [4.69, 9.17) is 9.84 Å². The standard InChI is InChI=1S/C11H17NO5/c1-7-11(16,2-3-17-7)6-12-5-8(10(14)15)4-9(12)13/h7-8,16H,2-6H2,1H3,(H,14,15). The zero-order valence-corrected chi connectivity index (χ0v) is 9.76. The summed E-state index contributed by atoms with van der Waals surface area (Å²) in [5, 5.41) is 19.2. The van der Waals surface area contributed by atoms with E-state index in [0.717, 1.165) is 0 Å². The molecule has 2 heterocycles. The first-order valence-electron chi connectivity index (χ1n) is 5.77. The maximum atomic E-state index is 11.6. The Labute approximate surface area is 99.2 Å². The Bertz CT molecular complexity index is 345. The molecule has 3 unspecified atom stereocenters. The van der Waals surface area contributed by atoms with Crippen molar-refractivity contribution in [3.63, 3.8) is 0 Å². The molecule has 0 aliphatic carbocycles. The van der Waals surface area contributed by atoms with Gasteiger partial charge in [-0.25, -0.2) is 0 Å². The molecule has 0 aromatic rings. The lowest BCUT2D eigenvalue weighted by atomic mass is 9.96. The Balaban J connectivity index is 2.00. The summed E-state index contributed by atoms with van der Waals surface area (Å²) in [4.78, 5) is 23.9. The first-order chi connectivity index (χ1) is 7.92. The van der Waals surface area contributed by atoms with E-state index in [9.17, 15) is 14.7 Å². The number of nitrogens with zero attached hydrogens (tertiary/aromatic N) is 1. The molecular formula is C11H17NO5. The lowest BCUT2D eigenvalue weighted by molar-refractivity contribution is -0.141. The summed E-state index contributed by atoms with van der Waals surface area (Å²) in [7, 11) is 0. The van der Waals surface area contributed by atoms with Crippen molar-refractivity contribution in [2.75, 3.05) is 19.7 Å². The highest BCUT2D eigenvalue weighted by atomic mass is 16.5. The molecule has 96 valence electrons. The summed E-state index contributed by atoms with van der Waals surface area (Å²) < 4.78 is 5.28. The van der Waals surface area contributed by atoms with Gasteiger partial charge in [-0.3, -0.25) is 9.59 Å². The highest BCUT2D eigenvalue weighted by Crippen LogP contribution is 2.29. The van der Waals surface area contributed by atoms with Gasteiger partial charge in [0.15, 0.2) is 0 Å². The van der Waals surface area contributed by atoms with Gasteiger partial charge in [-0.2, -0.15) is 0 Å². The highest BCUT2D eigenvalue weighted by Gasteiger charge is 2.44. The number of hydrogen-bond acceptors (Lipinski definition) is 4. The van der Waals surface area contributed by atoms with E-state index in [1.165, 1.54) is 4.90 Å². The van der Waals surface area contributed by atoms with Gasteiger partial charge in [0.1, 0.15) is 5.60 Å². The van der Waals surface area contributed by atoms with E-state index >= 15 is 0 Å². The van der Waals surface area contributed by atoms with E-state index in [1.54, 1.807) is 6.92 Å². The van der Waals surface area contributed by atoms with Gasteiger partial charge in [0.05, 0.1) is 18.6 Å². The van der Waals surface area contributed by atoms with Gasteiger partial charge in [-0.15, -0.1) is 0 Å². The molecule has 0 bridgehead atoms. The molecule has 1 amide bonds. The Morgan fingerprint density at radius 2 is 2.35 bits per heavy atom. The lowest BCUT2D eigenvalue weighted by Crippen LogP contribution is -2.48. The van der Waals surface area contributed by atoms with Gasteiger partial charge in [0.2, 0.25) is 5.91 Å². The van der Waals surface area contributed by atoms with Crippen LogP contribution in [-0.2, 0) is 14.3 Å². The number of likely N-dealkylation sites (tertiary alicyclic amines) is 1. The molecule has 0 aromatic carbocycles. The van der Waals surface area contributed by atoms with Crippen LogP contribution in [0.5, 0.6) is 0 Å². The van der Waals surface area contributed by atoms with E-state index < -0.39 is 17.5 Å². The van der Waals surface area contributed by atoms with Crippen molar-refractivity contribution in [3.05, 3.63) is 0 Å². The van der Waals surface area contributed by atoms with E-state index in [2.05, 4.69) is 0 Å². The number of carboxylic acid groups (broad SMARTS) is 1. The van der Waals surface area contributed by atoms with Crippen molar-refractivity contribution in [1.82, 2.24) is 4.90 Å². The molecular weight excluding hydrogens is 226 g/mol. The van der Waals surface area contributed by atoms with Crippen LogP contribution in [-0.4, -0.2) is 58.4 Å². The summed E-state index contributed by atoms with van der Waals surface area (Å²) in [5.41, 5.74) is -1.04. The van der Waals surface area contributed by atoms with E-state index in [0.29, 0.717) is 13.0 Å². The number of aliphatic carboxylic acids is 1. The molecule has 2 rings (SSSR count). The number of carbonyl (C=O) groups excluding carboxylic acids is 1. The van der Waals surface area contributed by atoms with Crippen molar-refractivity contribution >= 4 is 11.9 Å². The van der Waals surface area contributed by atoms with Crippen molar-refractivity contribution in [3.8, 4) is 0 Å². The highest BCUT2D eigenvalue weighted by molar-refractivity contribution is 5.86. The van der Waals surface area contributed by atoms with Gasteiger partial charge >= 0.3 is 5.97 Å². The average Bonchev–Trinajstić information content (AvgIpc) is 2.74. The van der Waals surface area contributed by atoms with Crippen LogP contribution in [0.2, 0.25) is 0 Å². The Morgan fingerprint density at radius 3 is 2.82 bits per heavy atom. The fourth-order valence-corrected chi connectivity index (χ4v) is 2.40. The lowest BCUT2D eigenvalue weighted by Gasteiger charge is -2.30. The van der Waals surface area contributed by atoms with Crippen LogP contribution >= 0.6 is 0 Å². The topological polar surface area (TPSA) is 87.1 Å². The van der Waals surface area contributed by atoms with Crippen LogP contribution in [0.15, 0.2) is 0 Å². The Kier molecular flexibility index (Phi) is 3.09. The van der Waals surface area contributed by atoms with Gasteiger partial charge < -0.3 is 19.8 Å². The number of amides is 1. The van der Waals surface area contributed by atoms with Crippen LogP contribution in [0, 0.1) is 5.92 Å². The van der Waals surface area contributed by atoms with Crippen LogP contribution in [0.25, 0.3) is 0 Å². The number of β-amino-alcohol motifs (C(OH)–C–C–N with tert-alkyl or cyclic N) is 1. The fourth-order valence-electron chi connectivity index (χ4n) is 2.40. The second-order valence-corrected chi connectivity index (χ2v) is 4.88. The van der Waals surface area contributed by atoms with E-state index in [1.807, 2.05) is 0 Å². The minimum absolute atomic E-state index is 0.0284. The van der Waals surface area contributed by atoms with Crippen LogP contribution in [0.4, 0.5) is 0 Å². The summed E-state index contributed by atoms with van der Waals surface area (Å²) in [5.74, 6) is -1.81. The second-order valence-electron chi connectivity index (χ2n) is 4.88. The average molecular weight is 243 g/mol. The molecule has 2 aliphatic heterocycles. The minimum atomic E-state index is -1.04. The molecule has 2 N–H and O–H groups in total. The fraction of sp³-hybridized carbons (Fsp3) is 0.818. The molecule has 17 heavy (non-hydrogen) atoms. The van der Waals surface area contributed by atoms with Gasteiger partial charge in [-0.1, -0.05) is 0 Å². The number of hydrogen-bond donors (Lipinski definition) is 2. The predicted octanol–water partition coefficient (Wildman–Crippen LogP) is -0.541. The van der Waals surface area contributed by atoms with Crippen LogP contribution in [0.3, 0.4) is 0 Å². The third-order valence-electron chi connectivity index (χ3n) is 3.69. The van der Waals surface area contributed by atoms with Crippen molar-refractivity contribution in [1.29, 1.82) is 0 Å². The molecule has 0 radical (unpaired) electrons. The van der Waals surface area contributed by atoms with Crippen molar-refractivity contribution in [2.45, 2.75) is 31.5 Å². The summed E-state index contributed by atoms with van der Waals surface area (Å²) in [6, 6.07) is 0. The second kappa shape index (κ2) is 4.27. The summed E-state index contributed by atoms with van der Waals surface area (Å²) in [6.45, 7) is 2.59. The van der Waals surface area contributed by atoms with Gasteiger partial charge in [0, 0.05) is 26.0 Å². The van der Waals surface area contributed by atoms with Crippen LogP contribution < -0.4 is 0 Å².